The van der Waals surface area contributed by atoms with E-state index in [1.54, 1.807) is 35.1 Å². The molecule has 0 aliphatic rings. The second-order valence-corrected chi connectivity index (χ2v) is 3.42. The van der Waals surface area contributed by atoms with Crippen LogP contribution in [-0.4, -0.2) is 49.8 Å². The lowest BCUT2D eigenvalue weighted by molar-refractivity contribution is -0.125. The van der Waals surface area contributed by atoms with Gasteiger partial charge >= 0.3 is 0 Å². The van der Waals surface area contributed by atoms with Crippen molar-refractivity contribution in [1.29, 1.82) is 0 Å². The fourth-order valence-electron chi connectivity index (χ4n) is 0.564. The van der Waals surface area contributed by atoms with Gasteiger partial charge in [-0.3, -0.25) is 9.59 Å². The minimum absolute atomic E-state index is 0.00926. The minimum atomic E-state index is -0.0556. The van der Waals surface area contributed by atoms with Gasteiger partial charge in [0.25, 0.3) is 0 Å². The SMILES string of the molecule is C=C(C)C(=O)N(C)C.C=CC(=O)N(C)C. The number of carbonyl (C=O) groups excluding carboxylic acids is 2. The summed E-state index contributed by atoms with van der Waals surface area (Å²) in [6.45, 7) is 8.47. The molecule has 0 aromatic carbocycles. The van der Waals surface area contributed by atoms with Gasteiger partial charge in [0.05, 0.1) is 0 Å². The summed E-state index contributed by atoms with van der Waals surface area (Å²) >= 11 is 0. The van der Waals surface area contributed by atoms with Crippen LogP contribution in [0.2, 0.25) is 0 Å². The molecule has 0 aromatic heterocycles. The zero-order valence-electron chi connectivity index (χ0n) is 10.2. The van der Waals surface area contributed by atoms with Crippen LogP contribution in [0.4, 0.5) is 0 Å². The first-order valence-corrected chi connectivity index (χ1v) is 4.44. The molecule has 0 rings (SSSR count). The molecule has 0 saturated heterocycles. The smallest absolute Gasteiger partial charge is 0.248 e. The molecule has 0 spiro atoms. The van der Waals surface area contributed by atoms with Gasteiger partial charge in [-0.15, -0.1) is 0 Å². The van der Waals surface area contributed by atoms with Crippen molar-refractivity contribution < 1.29 is 9.59 Å². The fraction of sp³-hybridized carbons (Fsp3) is 0.455. The maximum absolute atomic E-state index is 10.7. The summed E-state index contributed by atoms with van der Waals surface area (Å²) in [7, 11) is 6.78. The van der Waals surface area contributed by atoms with Gasteiger partial charge in [-0.05, 0) is 13.0 Å². The second kappa shape index (κ2) is 7.79. The van der Waals surface area contributed by atoms with Crippen LogP contribution in [0, 0.1) is 0 Å². The number of hydrogen-bond acceptors (Lipinski definition) is 2. The first kappa shape index (κ1) is 15.9. The van der Waals surface area contributed by atoms with Gasteiger partial charge in [0.15, 0.2) is 0 Å². The van der Waals surface area contributed by atoms with Crippen LogP contribution in [0.15, 0.2) is 24.8 Å². The molecule has 0 bridgehead atoms. The number of likely N-dealkylation sites (N-methyl/N-ethyl adjacent to an activating group) is 2. The molecule has 0 N–H and O–H groups in total. The Morgan fingerprint density at radius 1 is 1.07 bits per heavy atom. The highest BCUT2D eigenvalue weighted by atomic mass is 16.2. The monoisotopic (exact) mass is 212 g/mol. The molecule has 2 amide bonds. The van der Waals surface area contributed by atoms with E-state index in [2.05, 4.69) is 13.2 Å². The Morgan fingerprint density at radius 2 is 1.47 bits per heavy atom. The number of amides is 2. The molecule has 0 aliphatic carbocycles. The first-order chi connectivity index (χ1) is 6.73. The highest BCUT2D eigenvalue weighted by Gasteiger charge is 2.01. The van der Waals surface area contributed by atoms with Gasteiger partial charge in [0.2, 0.25) is 11.8 Å². The molecular formula is C11H20N2O2. The van der Waals surface area contributed by atoms with E-state index in [0.717, 1.165) is 0 Å². The summed E-state index contributed by atoms with van der Waals surface area (Å²) in [5.41, 5.74) is 0.579. The van der Waals surface area contributed by atoms with Crippen molar-refractivity contribution in [2.75, 3.05) is 28.2 Å². The van der Waals surface area contributed by atoms with E-state index in [4.69, 9.17) is 0 Å². The summed E-state index contributed by atoms with van der Waals surface area (Å²) in [5.74, 6) is -0.0648. The molecule has 0 heterocycles. The van der Waals surface area contributed by atoms with Gasteiger partial charge in [-0.2, -0.15) is 0 Å². The Bertz CT molecular complexity index is 255. The van der Waals surface area contributed by atoms with Crippen molar-refractivity contribution in [1.82, 2.24) is 9.80 Å². The summed E-state index contributed by atoms with van der Waals surface area (Å²) in [5, 5.41) is 0. The highest BCUT2D eigenvalue weighted by molar-refractivity contribution is 5.91. The normalized spacial score (nSPS) is 8.07. The summed E-state index contributed by atoms with van der Waals surface area (Å²) in [6.07, 6.45) is 1.28. The van der Waals surface area contributed by atoms with Crippen molar-refractivity contribution in [3.05, 3.63) is 24.8 Å². The maximum Gasteiger partial charge on any atom is 0.248 e. The van der Waals surface area contributed by atoms with Crippen molar-refractivity contribution in [2.24, 2.45) is 0 Å². The summed E-state index contributed by atoms with van der Waals surface area (Å²) < 4.78 is 0. The number of carbonyl (C=O) groups is 2. The molecule has 0 aromatic rings. The lowest BCUT2D eigenvalue weighted by atomic mass is 10.3. The van der Waals surface area contributed by atoms with E-state index in [-0.39, 0.29) is 11.8 Å². The molecule has 4 nitrogen and oxygen atoms in total. The van der Waals surface area contributed by atoms with Crippen molar-refractivity contribution >= 4 is 11.8 Å². The first-order valence-electron chi connectivity index (χ1n) is 4.44. The van der Waals surface area contributed by atoms with Crippen LogP contribution in [-0.2, 0) is 9.59 Å². The fourth-order valence-corrected chi connectivity index (χ4v) is 0.564. The quantitative estimate of drug-likeness (QED) is 0.638. The van der Waals surface area contributed by atoms with Gasteiger partial charge < -0.3 is 9.80 Å². The standard InChI is InChI=1S/C6H11NO.C5H9NO/c1-5(2)6(8)7(3)4;1-4-5(7)6(2)3/h1H2,2-4H3;4H,1H2,2-3H3. The van der Waals surface area contributed by atoms with E-state index in [0.29, 0.717) is 5.57 Å². The molecular weight excluding hydrogens is 192 g/mol. The molecule has 0 atom stereocenters. The summed E-state index contributed by atoms with van der Waals surface area (Å²) in [4.78, 5) is 24.0. The Hall–Kier alpha value is -1.58. The minimum Gasteiger partial charge on any atom is -0.345 e. The Labute approximate surface area is 91.9 Å². The third-order valence-electron chi connectivity index (χ3n) is 1.39. The third-order valence-corrected chi connectivity index (χ3v) is 1.39. The van der Waals surface area contributed by atoms with Crippen molar-refractivity contribution in [3.63, 3.8) is 0 Å². The van der Waals surface area contributed by atoms with Crippen LogP contribution in [0.5, 0.6) is 0 Å². The molecule has 0 saturated carbocycles. The van der Waals surface area contributed by atoms with E-state index in [9.17, 15) is 9.59 Å². The number of rotatable bonds is 2. The van der Waals surface area contributed by atoms with Crippen LogP contribution in [0.3, 0.4) is 0 Å². The number of nitrogens with zero attached hydrogens (tertiary/aromatic N) is 2. The van der Waals surface area contributed by atoms with Gasteiger partial charge in [-0.1, -0.05) is 13.2 Å². The largest absolute Gasteiger partial charge is 0.345 e. The second-order valence-electron chi connectivity index (χ2n) is 3.42. The van der Waals surface area contributed by atoms with E-state index in [1.165, 1.54) is 15.9 Å². The van der Waals surface area contributed by atoms with E-state index in [1.807, 2.05) is 0 Å². The molecule has 0 radical (unpaired) electrons. The van der Waals surface area contributed by atoms with Crippen LogP contribution >= 0.6 is 0 Å². The predicted molar refractivity (Wildman–Crippen MR) is 62.4 cm³/mol. The topological polar surface area (TPSA) is 40.6 Å². The van der Waals surface area contributed by atoms with Crippen LogP contribution in [0.1, 0.15) is 6.92 Å². The van der Waals surface area contributed by atoms with Crippen molar-refractivity contribution in [3.8, 4) is 0 Å². The maximum atomic E-state index is 10.7. The van der Waals surface area contributed by atoms with E-state index < -0.39 is 0 Å². The summed E-state index contributed by atoms with van der Waals surface area (Å²) in [6, 6.07) is 0. The molecule has 0 unspecified atom stereocenters. The van der Waals surface area contributed by atoms with Crippen LogP contribution < -0.4 is 0 Å². The number of hydrogen-bond donors (Lipinski definition) is 0. The Kier molecular flexibility index (Phi) is 8.24. The molecule has 15 heavy (non-hydrogen) atoms. The Morgan fingerprint density at radius 3 is 1.47 bits per heavy atom. The van der Waals surface area contributed by atoms with Gasteiger partial charge in [0, 0.05) is 33.8 Å². The van der Waals surface area contributed by atoms with Gasteiger partial charge in [0.1, 0.15) is 0 Å². The van der Waals surface area contributed by atoms with E-state index >= 15 is 0 Å². The molecule has 4 heteroatoms. The lowest BCUT2D eigenvalue weighted by Gasteiger charge is -2.07. The average Bonchev–Trinajstić information content (AvgIpc) is 2.15. The third kappa shape index (κ3) is 8.74. The Balaban J connectivity index is 0. The van der Waals surface area contributed by atoms with Crippen LogP contribution in [0.25, 0.3) is 0 Å². The molecule has 0 fully saturated rings. The average molecular weight is 212 g/mol. The van der Waals surface area contributed by atoms with Crippen molar-refractivity contribution in [2.45, 2.75) is 6.92 Å². The highest BCUT2D eigenvalue weighted by Crippen LogP contribution is 1.90. The lowest BCUT2D eigenvalue weighted by Crippen LogP contribution is -2.21. The molecule has 0 aliphatic heterocycles. The molecule has 86 valence electrons. The predicted octanol–water partition coefficient (Wildman–Crippen LogP) is 0.911. The zero-order valence-corrected chi connectivity index (χ0v) is 10.2. The van der Waals surface area contributed by atoms with Gasteiger partial charge in [-0.25, -0.2) is 0 Å². The zero-order chi connectivity index (χ0) is 12.6.